The van der Waals surface area contributed by atoms with E-state index in [1.54, 1.807) is 4.90 Å². The minimum absolute atomic E-state index is 0.0183. The third-order valence-electron chi connectivity index (χ3n) is 4.81. The van der Waals surface area contributed by atoms with Gasteiger partial charge in [0.1, 0.15) is 0 Å². The highest BCUT2D eigenvalue weighted by molar-refractivity contribution is 7.91. The first kappa shape index (κ1) is 16.0. The highest BCUT2D eigenvalue weighted by Gasteiger charge is 2.42. The Bertz CT molecular complexity index is 508. The number of carbonyl (C=O) groups excluding carboxylic acids is 1. The summed E-state index contributed by atoms with van der Waals surface area (Å²) in [5.74, 6) is 0.168. The smallest absolute Gasteiger partial charge is 0.320 e. The molecule has 0 aliphatic carbocycles. The highest BCUT2D eigenvalue weighted by atomic mass is 32.2. The molecule has 2 amide bonds. The lowest BCUT2D eigenvalue weighted by molar-refractivity contribution is -0.103. The maximum atomic E-state index is 12.7. The zero-order valence-electron chi connectivity index (χ0n) is 13.3. The number of carbonyl (C=O) groups is 1. The van der Waals surface area contributed by atoms with Crippen LogP contribution in [-0.2, 0) is 14.6 Å². The predicted octanol–water partition coefficient (Wildman–Crippen LogP) is -0.370. The van der Waals surface area contributed by atoms with Crippen molar-refractivity contribution in [2.75, 3.05) is 50.9 Å². The molecule has 3 saturated heterocycles. The quantitative estimate of drug-likeness (QED) is 0.656. The van der Waals surface area contributed by atoms with Crippen molar-refractivity contribution in [3.05, 3.63) is 0 Å². The van der Waals surface area contributed by atoms with Crippen LogP contribution in [0.25, 0.3) is 0 Å². The van der Waals surface area contributed by atoms with E-state index in [1.807, 2.05) is 4.90 Å². The maximum absolute atomic E-state index is 12.7. The Hall–Kier alpha value is -0.860. The van der Waals surface area contributed by atoms with E-state index < -0.39 is 9.84 Å². The van der Waals surface area contributed by atoms with Crippen molar-refractivity contribution in [3.8, 4) is 0 Å². The number of fused-ring (bicyclic) bond motifs is 2. The number of urea groups is 1. The van der Waals surface area contributed by atoms with Crippen molar-refractivity contribution in [3.63, 3.8) is 0 Å². The molecule has 3 rings (SSSR count). The minimum atomic E-state index is -2.96. The fourth-order valence-corrected chi connectivity index (χ4v) is 4.99. The van der Waals surface area contributed by atoms with Crippen LogP contribution in [0, 0.1) is 0 Å². The molecule has 0 saturated carbocycles. The second kappa shape index (κ2) is 5.98. The summed E-state index contributed by atoms with van der Waals surface area (Å²) in [5, 5.41) is 0. The summed E-state index contributed by atoms with van der Waals surface area (Å²) in [7, 11) is -2.96. The molecular formula is C14H25N3O4S. The number of hydrogen-bond donors (Lipinski definition) is 0. The Morgan fingerprint density at radius 2 is 1.59 bits per heavy atom. The van der Waals surface area contributed by atoms with Crippen LogP contribution in [0.1, 0.15) is 13.8 Å². The van der Waals surface area contributed by atoms with Gasteiger partial charge in [-0.05, 0) is 13.8 Å². The average Bonchev–Trinajstić information content (AvgIpc) is 2.45. The first-order valence-corrected chi connectivity index (χ1v) is 9.79. The van der Waals surface area contributed by atoms with Crippen molar-refractivity contribution < 1.29 is 17.9 Å². The Labute approximate surface area is 132 Å². The number of rotatable bonds is 1. The molecule has 0 aromatic heterocycles. The Morgan fingerprint density at radius 1 is 1.05 bits per heavy atom. The van der Waals surface area contributed by atoms with Crippen molar-refractivity contribution in [1.82, 2.24) is 14.7 Å². The molecule has 0 spiro atoms. The molecule has 0 N–H and O–H groups in total. The lowest BCUT2D eigenvalue weighted by Gasteiger charge is -2.52. The van der Waals surface area contributed by atoms with Crippen molar-refractivity contribution in [1.29, 1.82) is 0 Å². The van der Waals surface area contributed by atoms with Crippen LogP contribution in [0.4, 0.5) is 4.79 Å². The summed E-state index contributed by atoms with van der Waals surface area (Å²) in [4.78, 5) is 18.7. The third-order valence-corrected chi connectivity index (χ3v) is 6.42. The molecule has 2 bridgehead atoms. The van der Waals surface area contributed by atoms with E-state index >= 15 is 0 Å². The van der Waals surface area contributed by atoms with E-state index in [-0.39, 0.29) is 29.6 Å². The number of morpholine rings is 1. The first-order valence-electron chi connectivity index (χ1n) is 7.97. The van der Waals surface area contributed by atoms with Gasteiger partial charge in [-0.2, -0.15) is 0 Å². The second-order valence-corrected chi connectivity index (χ2v) is 9.02. The second-order valence-electron chi connectivity index (χ2n) is 6.71. The van der Waals surface area contributed by atoms with Crippen LogP contribution in [0.3, 0.4) is 0 Å². The molecule has 3 heterocycles. The van der Waals surface area contributed by atoms with Gasteiger partial charge in [0, 0.05) is 32.2 Å². The van der Waals surface area contributed by atoms with Gasteiger partial charge >= 0.3 is 6.03 Å². The summed E-state index contributed by atoms with van der Waals surface area (Å²) in [6, 6.07) is 0.904. The van der Waals surface area contributed by atoms with E-state index in [9.17, 15) is 13.2 Å². The molecule has 126 valence electrons. The molecule has 22 heavy (non-hydrogen) atoms. The van der Waals surface area contributed by atoms with Gasteiger partial charge in [-0.1, -0.05) is 0 Å². The van der Waals surface area contributed by atoms with Gasteiger partial charge in [0.25, 0.3) is 0 Å². The van der Waals surface area contributed by atoms with Crippen LogP contribution < -0.4 is 0 Å². The molecule has 8 heteroatoms. The molecule has 0 aromatic rings. The lowest BCUT2D eigenvalue weighted by Crippen LogP contribution is -2.68. The molecule has 2 atom stereocenters. The zero-order chi connectivity index (χ0) is 15.9. The summed E-state index contributed by atoms with van der Waals surface area (Å²) >= 11 is 0. The van der Waals surface area contributed by atoms with E-state index in [1.165, 1.54) is 0 Å². The van der Waals surface area contributed by atoms with E-state index in [4.69, 9.17) is 4.74 Å². The van der Waals surface area contributed by atoms with Crippen LogP contribution in [0.5, 0.6) is 0 Å². The van der Waals surface area contributed by atoms with Gasteiger partial charge in [-0.15, -0.1) is 0 Å². The van der Waals surface area contributed by atoms with E-state index in [0.717, 1.165) is 0 Å². The molecule has 0 aromatic carbocycles. The van der Waals surface area contributed by atoms with E-state index in [0.29, 0.717) is 45.4 Å². The van der Waals surface area contributed by atoms with Gasteiger partial charge in [0.2, 0.25) is 0 Å². The molecule has 2 unspecified atom stereocenters. The molecule has 3 fully saturated rings. The summed E-state index contributed by atoms with van der Waals surface area (Å²) in [6.45, 7) is 7.64. The molecular weight excluding hydrogens is 306 g/mol. The number of ether oxygens (including phenoxy) is 1. The topological polar surface area (TPSA) is 70.2 Å². The normalized spacial score (nSPS) is 32.3. The summed E-state index contributed by atoms with van der Waals surface area (Å²) in [5.41, 5.74) is 0. The molecule has 3 aliphatic rings. The van der Waals surface area contributed by atoms with E-state index in [2.05, 4.69) is 18.7 Å². The van der Waals surface area contributed by atoms with Crippen molar-refractivity contribution >= 4 is 15.9 Å². The molecule has 3 aliphatic heterocycles. The molecule has 0 radical (unpaired) electrons. The minimum Gasteiger partial charge on any atom is -0.378 e. The third kappa shape index (κ3) is 3.09. The number of piperazine rings is 1. The summed E-state index contributed by atoms with van der Waals surface area (Å²) < 4.78 is 28.6. The maximum Gasteiger partial charge on any atom is 0.320 e. The van der Waals surface area contributed by atoms with Crippen LogP contribution >= 0.6 is 0 Å². The van der Waals surface area contributed by atoms with Gasteiger partial charge in [0.15, 0.2) is 9.84 Å². The predicted molar refractivity (Wildman–Crippen MR) is 82.6 cm³/mol. The van der Waals surface area contributed by atoms with Crippen LogP contribution in [-0.4, -0.2) is 98.2 Å². The lowest BCUT2D eigenvalue weighted by atomic mass is 10.0. The van der Waals surface area contributed by atoms with Crippen LogP contribution in [0.2, 0.25) is 0 Å². The first-order chi connectivity index (χ1) is 10.4. The summed E-state index contributed by atoms with van der Waals surface area (Å²) in [6.07, 6.45) is 0. The Kier molecular flexibility index (Phi) is 4.35. The fourth-order valence-electron chi connectivity index (χ4n) is 3.79. The Morgan fingerprint density at radius 3 is 2.09 bits per heavy atom. The van der Waals surface area contributed by atoms with Crippen LogP contribution in [0.15, 0.2) is 0 Å². The molecule has 7 nitrogen and oxygen atoms in total. The standard InChI is InChI=1S/C14H25N3O4S/c1-11(2)17-12-7-16(8-13(17)10-21-9-12)14(18)15-3-5-22(19,20)6-4-15/h11-13H,3-10H2,1-2H3. The number of amides is 2. The van der Waals surface area contributed by atoms with Gasteiger partial charge < -0.3 is 14.5 Å². The Balaban J connectivity index is 1.65. The van der Waals surface area contributed by atoms with Gasteiger partial charge in [0.05, 0.1) is 36.8 Å². The number of nitrogens with zero attached hydrogens (tertiary/aromatic N) is 3. The highest BCUT2D eigenvalue weighted by Crippen LogP contribution is 2.24. The van der Waals surface area contributed by atoms with Gasteiger partial charge in [-0.25, -0.2) is 13.2 Å². The SMILES string of the molecule is CC(C)N1C2COCC1CN(C(=O)N1CCS(=O)(=O)CC1)C2. The number of sulfone groups is 1. The largest absolute Gasteiger partial charge is 0.378 e. The van der Waals surface area contributed by atoms with Gasteiger partial charge in [-0.3, -0.25) is 4.90 Å². The van der Waals surface area contributed by atoms with Crippen molar-refractivity contribution in [2.45, 2.75) is 32.0 Å². The van der Waals surface area contributed by atoms with Crippen molar-refractivity contribution in [2.24, 2.45) is 0 Å². The zero-order valence-corrected chi connectivity index (χ0v) is 14.1. The fraction of sp³-hybridized carbons (Fsp3) is 0.929. The number of hydrogen-bond acceptors (Lipinski definition) is 5. The average molecular weight is 331 g/mol. The monoisotopic (exact) mass is 331 g/mol.